The van der Waals surface area contributed by atoms with Crippen molar-refractivity contribution in [3.63, 3.8) is 0 Å². The van der Waals surface area contributed by atoms with Crippen LogP contribution in [-0.2, 0) is 15.0 Å². The molecule has 1 aliphatic heterocycles. The Morgan fingerprint density at radius 1 is 1.21 bits per heavy atom. The minimum Gasteiger partial charge on any atom is -0.481 e. The number of hydrogen-bond donors (Lipinski definition) is 2. The van der Waals surface area contributed by atoms with Crippen LogP contribution in [0.2, 0.25) is 0 Å². The number of carbonyl (C=O) groups is 2. The van der Waals surface area contributed by atoms with E-state index in [2.05, 4.69) is 19.2 Å². The van der Waals surface area contributed by atoms with Gasteiger partial charge in [0.25, 0.3) is 0 Å². The number of carboxylic acid groups (broad SMARTS) is 1. The van der Waals surface area contributed by atoms with Gasteiger partial charge in [0, 0.05) is 17.9 Å². The second-order valence-electron chi connectivity index (χ2n) is 7.21. The fourth-order valence-electron chi connectivity index (χ4n) is 3.32. The minimum atomic E-state index is -0.800. The molecular formula is C18H23NO5. The maximum Gasteiger partial charge on any atom is 0.306 e. The van der Waals surface area contributed by atoms with Gasteiger partial charge in [0.15, 0.2) is 11.5 Å². The van der Waals surface area contributed by atoms with Crippen molar-refractivity contribution in [1.82, 2.24) is 5.32 Å². The van der Waals surface area contributed by atoms with Gasteiger partial charge < -0.3 is 19.9 Å². The maximum absolute atomic E-state index is 12.3. The Hall–Kier alpha value is -2.24. The molecule has 3 rings (SSSR count). The number of carbonyl (C=O) groups excluding carboxylic acids is 1. The van der Waals surface area contributed by atoms with Crippen LogP contribution in [0.1, 0.15) is 38.7 Å². The van der Waals surface area contributed by atoms with E-state index < -0.39 is 5.97 Å². The van der Waals surface area contributed by atoms with Crippen molar-refractivity contribution in [1.29, 1.82) is 0 Å². The average Bonchev–Trinajstić information content (AvgIpc) is 3.20. The average molecular weight is 333 g/mol. The Labute approximate surface area is 141 Å². The van der Waals surface area contributed by atoms with E-state index in [0.717, 1.165) is 17.1 Å². The molecule has 0 spiro atoms. The molecule has 24 heavy (non-hydrogen) atoms. The lowest BCUT2D eigenvalue weighted by Crippen LogP contribution is -2.39. The zero-order chi connectivity index (χ0) is 17.3. The number of nitrogens with one attached hydrogen (secondary N) is 1. The molecule has 130 valence electrons. The lowest BCUT2D eigenvalue weighted by Gasteiger charge is -2.26. The molecule has 0 unspecified atom stereocenters. The predicted molar refractivity (Wildman–Crippen MR) is 87.1 cm³/mol. The van der Waals surface area contributed by atoms with E-state index in [0.29, 0.717) is 25.8 Å². The van der Waals surface area contributed by atoms with Gasteiger partial charge in [-0.3, -0.25) is 9.59 Å². The highest BCUT2D eigenvalue weighted by Gasteiger charge is 2.34. The molecule has 2 atom stereocenters. The number of aliphatic carboxylic acids is 1. The number of ether oxygens (including phenoxy) is 2. The van der Waals surface area contributed by atoms with Crippen LogP contribution in [0.5, 0.6) is 11.5 Å². The van der Waals surface area contributed by atoms with Crippen LogP contribution < -0.4 is 14.8 Å². The molecule has 6 nitrogen and oxygen atoms in total. The number of fused-ring (bicyclic) bond motifs is 1. The van der Waals surface area contributed by atoms with Crippen molar-refractivity contribution in [2.24, 2.45) is 11.8 Å². The number of hydrogen-bond acceptors (Lipinski definition) is 4. The Bertz CT molecular complexity index is 655. The van der Waals surface area contributed by atoms with Gasteiger partial charge in [0.1, 0.15) is 0 Å². The Balaban J connectivity index is 1.59. The van der Waals surface area contributed by atoms with Crippen LogP contribution >= 0.6 is 0 Å². The lowest BCUT2D eigenvalue weighted by atomic mass is 9.84. The van der Waals surface area contributed by atoms with Crippen LogP contribution in [-0.4, -0.2) is 30.3 Å². The first-order valence-electron chi connectivity index (χ1n) is 8.27. The van der Waals surface area contributed by atoms with Crippen molar-refractivity contribution >= 4 is 11.9 Å². The van der Waals surface area contributed by atoms with Gasteiger partial charge >= 0.3 is 5.97 Å². The molecule has 1 aromatic carbocycles. The fraction of sp³-hybridized carbons (Fsp3) is 0.556. The molecular weight excluding hydrogens is 310 g/mol. The number of carboxylic acids is 1. The second-order valence-corrected chi connectivity index (χ2v) is 7.21. The zero-order valence-electron chi connectivity index (χ0n) is 14.0. The van der Waals surface area contributed by atoms with Crippen LogP contribution in [0.4, 0.5) is 0 Å². The van der Waals surface area contributed by atoms with Crippen molar-refractivity contribution in [2.75, 3.05) is 13.3 Å². The topological polar surface area (TPSA) is 84.9 Å². The third kappa shape index (κ3) is 3.32. The highest BCUT2D eigenvalue weighted by Crippen LogP contribution is 2.36. The smallest absolute Gasteiger partial charge is 0.306 e. The molecule has 1 aliphatic carbocycles. The van der Waals surface area contributed by atoms with Gasteiger partial charge in [-0.05, 0) is 37.0 Å². The molecule has 0 saturated heterocycles. The van der Waals surface area contributed by atoms with Crippen LogP contribution in [0.3, 0.4) is 0 Å². The van der Waals surface area contributed by atoms with Crippen LogP contribution in [0.15, 0.2) is 18.2 Å². The summed E-state index contributed by atoms with van der Waals surface area (Å²) < 4.78 is 10.7. The Morgan fingerprint density at radius 3 is 2.62 bits per heavy atom. The molecule has 1 heterocycles. The summed E-state index contributed by atoms with van der Waals surface area (Å²) in [7, 11) is 0. The largest absolute Gasteiger partial charge is 0.481 e. The summed E-state index contributed by atoms with van der Waals surface area (Å²) in [5.41, 5.74) is 0.795. The summed E-state index contributed by atoms with van der Waals surface area (Å²) in [6.07, 6.45) is 1.66. The van der Waals surface area contributed by atoms with Crippen molar-refractivity contribution < 1.29 is 24.2 Å². The zero-order valence-corrected chi connectivity index (χ0v) is 14.0. The highest BCUT2D eigenvalue weighted by molar-refractivity contribution is 5.81. The molecule has 2 N–H and O–H groups in total. The Morgan fingerprint density at radius 2 is 1.92 bits per heavy atom. The van der Waals surface area contributed by atoms with E-state index in [9.17, 15) is 9.59 Å². The van der Waals surface area contributed by atoms with Gasteiger partial charge in [-0.2, -0.15) is 0 Å². The normalized spacial score (nSPS) is 22.4. The summed E-state index contributed by atoms with van der Waals surface area (Å²) in [5.74, 6) is 0.0380. The monoisotopic (exact) mass is 333 g/mol. The summed E-state index contributed by atoms with van der Waals surface area (Å²) >= 11 is 0. The van der Waals surface area contributed by atoms with Gasteiger partial charge in [-0.1, -0.05) is 19.9 Å². The van der Waals surface area contributed by atoms with Crippen LogP contribution in [0, 0.1) is 11.8 Å². The number of rotatable bonds is 5. The van der Waals surface area contributed by atoms with Gasteiger partial charge in [0.2, 0.25) is 12.7 Å². The van der Waals surface area contributed by atoms with E-state index >= 15 is 0 Å². The molecule has 0 aromatic heterocycles. The molecule has 0 radical (unpaired) electrons. The second kappa shape index (κ2) is 6.34. The number of amides is 1. The molecule has 1 saturated carbocycles. The van der Waals surface area contributed by atoms with Crippen molar-refractivity contribution in [3.8, 4) is 11.5 Å². The summed E-state index contributed by atoms with van der Waals surface area (Å²) in [4.78, 5) is 23.3. The van der Waals surface area contributed by atoms with Crippen molar-refractivity contribution in [2.45, 2.75) is 38.5 Å². The molecule has 2 aliphatic rings. The predicted octanol–water partition coefficient (Wildman–Crippen LogP) is 2.31. The quantitative estimate of drug-likeness (QED) is 0.864. The summed E-state index contributed by atoms with van der Waals surface area (Å²) in [6, 6.07) is 5.82. The van der Waals surface area contributed by atoms with Gasteiger partial charge in [-0.15, -0.1) is 0 Å². The Kier molecular flexibility index (Phi) is 4.39. The summed E-state index contributed by atoms with van der Waals surface area (Å²) in [6.45, 7) is 4.83. The standard InChI is InChI=1S/C18H23NO5/c1-18(2,13-5-6-14-15(8-13)24-10-23-14)9-19-16(20)11-3-4-12(7-11)17(21)22/h5-6,8,11-12H,3-4,7,9-10H2,1-2H3,(H,19,20)(H,21,22)/t11-,12+/m1/s1. The fourth-order valence-corrected chi connectivity index (χ4v) is 3.32. The highest BCUT2D eigenvalue weighted by atomic mass is 16.7. The molecule has 6 heteroatoms. The van der Waals surface area contributed by atoms with Gasteiger partial charge in [0.05, 0.1) is 5.92 Å². The van der Waals surface area contributed by atoms with E-state index in [4.69, 9.17) is 14.6 Å². The van der Waals surface area contributed by atoms with Crippen LogP contribution in [0.25, 0.3) is 0 Å². The first-order chi connectivity index (χ1) is 11.4. The van der Waals surface area contributed by atoms with E-state index in [1.807, 2.05) is 18.2 Å². The first-order valence-corrected chi connectivity index (χ1v) is 8.27. The lowest BCUT2D eigenvalue weighted by molar-refractivity contribution is -0.141. The maximum atomic E-state index is 12.3. The van der Waals surface area contributed by atoms with Crippen molar-refractivity contribution in [3.05, 3.63) is 23.8 Å². The third-order valence-electron chi connectivity index (χ3n) is 5.01. The first kappa shape index (κ1) is 16.6. The SMILES string of the molecule is CC(C)(CNC(=O)[C@@H]1CC[C@H](C(=O)O)C1)c1ccc2c(c1)OCO2. The minimum absolute atomic E-state index is 0.0485. The van der Waals surface area contributed by atoms with Gasteiger partial charge in [-0.25, -0.2) is 0 Å². The van der Waals surface area contributed by atoms with E-state index in [1.165, 1.54) is 0 Å². The third-order valence-corrected chi connectivity index (χ3v) is 5.01. The molecule has 1 aromatic rings. The van der Waals surface area contributed by atoms with E-state index in [-0.39, 0.29) is 30.0 Å². The molecule has 1 amide bonds. The summed E-state index contributed by atoms with van der Waals surface area (Å²) in [5, 5.41) is 12.0. The van der Waals surface area contributed by atoms with E-state index in [1.54, 1.807) is 0 Å². The molecule has 0 bridgehead atoms. The molecule has 1 fully saturated rings. The number of benzene rings is 1.